The number of hydrogen-bond donors (Lipinski definition) is 1. The van der Waals surface area contributed by atoms with Crippen LogP contribution in [0.3, 0.4) is 0 Å². The standard InChI is InChI=1S/C15H25NO/c1-5-6-15(11-16-4)17-14-9-7-13(8-10-14)12(2)3/h7-10,12,15-16H,5-6,11H2,1-4H3. The first-order chi connectivity index (χ1) is 8.17. The van der Waals surface area contributed by atoms with Crippen LogP contribution < -0.4 is 10.1 Å². The minimum Gasteiger partial charge on any atom is -0.489 e. The summed E-state index contributed by atoms with van der Waals surface area (Å²) >= 11 is 0. The fraction of sp³-hybridized carbons (Fsp3) is 0.600. The molecule has 0 spiro atoms. The first-order valence-corrected chi connectivity index (χ1v) is 6.58. The zero-order chi connectivity index (χ0) is 12.7. The van der Waals surface area contributed by atoms with Crippen molar-refractivity contribution in [1.29, 1.82) is 0 Å². The zero-order valence-corrected chi connectivity index (χ0v) is 11.5. The van der Waals surface area contributed by atoms with E-state index in [-0.39, 0.29) is 6.10 Å². The Labute approximate surface area is 105 Å². The molecule has 0 radical (unpaired) electrons. The Morgan fingerprint density at radius 3 is 2.29 bits per heavy atom. The molecule has 0 amide bonds. The Morgan fingerprint density at radius 1 is 1.18 bits per heavy atom. The predicted octanol–water partition coefficient (Wildman–Crippen LogP) is 3.58. The van der Waals surface area contributed by atoms with Crippen molar-refractivity contribution in [2.45, 2.75) is 45.6 Å². The molecule has 0 heterocycles. The third-order valence-electron chi connectivity index (χ3n) is 2.89. The second kappa shape index (κ2) is 7.33. The van der Waals surface area contributed by atoms with Crippen molar-refractivity contribution in [3.8, 4) is 5.75 Å². The lowest BCUT2D eigenvalue weighted by Crippen LogP contribution is -2.29. The molecule has 1 aromatic carbocycles. The Balaban J connectivity index is 2.59. The lowest BCUT2D eigenvalue weighted by Gasteiger charge is -2.18. The molecular formula is C15H25NO. The van der Waals surface area contributed by atoms with Gasteiger partial charge in [-0.15, -0.1) is 0 Å². The van der Waals surface area contributed by atoms with Gasteiger partial charge in [-0.05, 0) is 37.1 Å². The first kappa shape index (κ1) is 14.0. The summed E-state index contributed by atoms with van der Waals surface area (Å²) in [7, 11) is 1.97. The van der Waals surface area contributed by atoms with E-state index in [4.69, 9.17) is 4.74 Å². The lowest BCUT2D eigenvalue weighted by molar-refractivity contribution is 0.189. The van der Waals surface area contributed by atoms with Crippen LogP contribution in [0.5, 0.6) is 5.75 Å². The Morgan fingerprint density at radius 2 is 1.82 bits per heavy atom. The Hall–Kier alpha value is -1.02. The highest BCUT2D eigenvalue weighted by Gasteiger charge is 2.08. The van der Waals surface area contributed by atoms with Gasteiger partial charge in [-0.1, -0.05) is 39.3 Å². The molecule has 1 unspecified atom stereocenters. The molecule has 0 aliphatic rings. The molecule has 2 heteroatoms. The zero-order valence-electron chi connectivity index (χ0n) is 11.5. The Bertz CT molecular complexity index is 299. The van der Waals surface area contributed by atoms with Gasteiger partial charge in [0.15, 0.2) is 0 Å². The monoisotopic (exact) mass is 235 g/mol. The van der Waals surface area contributed by atoms with Crippen molar-refractivity contribution < 1.29 is 4.74 Å². The first-order valence-electron chi connectivity index (χ1n) is 6.58. The molecule has 1 atom stereocenters. The van der Waals surface area contributed by atoms with Crippen molar-refractivity contribution in [2.75, 3.05) is 13.6 Å². The normalized spacial score (nSPS) is 12.8. The van der Waals surface area contributed by atoms with Gasteiger partial charge in [0.2, 0.25) is 0 Å². The van der Waals surface area contributed by atoms with Crippen molar-refractivity contribution in [3.63, 3.8) is 0 Å². The highest BCUT2D eigenvalue weighted by atomic mass is 16.5. The summed E-state index contributed by atoms with van der Waals surface area (Å²) < 4.78 is 5.97. The van der Waals surface area contributed by atoms with Crippen molar-refractivity contribution in [2.24, 2.45) is 0 Å². The van der Waals surface area contributed by atoms with Crippen LogP contribution in [0.2, 0.25) is 0 Å². The number of nitrogens with one attached hydrogen (secondary N) is 1. The maximum atomic E-state index is 5.97. The molecule has 0 saturated carbocycles. The van der Waals surface area contributed by atoms with Crippen LogP contribution >= 0.6 is 0 Å². The highest BCUT2D eigenvalue weighted by Crippen LogP contribution is 2.20. The van der Waals surface area contributed by atoms with Crippen LogP contribution in [0.4, 0.5) is 0 Å². The van der Waals surface area contributed by atoms with Crippen molar-refractivity contribution in [3.05, 3.63) is 29.8 Å². The summed E-state index contributed by atoms with van der Waals surface area (Å²) in [6, 6.07) is 8.46. The maximum Gasteiger partial charge on any atom is 0.119 e. The molecule has 1 aromatic rings. The van der Waals surface area contributed by atoms with Gasteiger partial charge in [-0.3, -0.25) is 0 Å². The molecular weight excluding hydrogens is 210 g/mol. The number of likely N-dealkylation sites (N-methyl/N-ethyl adjacent to an activating group) is 1. The Kier molecular flexibility index (Phi) is 6.06. The summed E-state index contributed by atoms with van der Waals surface area (Å²) in [5, 5.41) is 3.18. The summed E-state index contributed by atoms with van der Waals surface area (Å²) in [6.07, 6.45) is 2.51. The molecule has 96 valence electrons. The largest absolute Gasteiger partial charge is 0.489 e. The van der Waals surface area contributed by atoms with Crippen LogP contribution in [0.1, 0.15) is 45.1 Å². The SMILES string of the molecule is CCCC(CNC)Oc1ccc(C(C)C)cc1. The minimum absolute atomic E-state index is 0.273. The van der Waals surface area contributed by atoms with Gasteiger partial charge < -0.3 is 10.1 Å². The van der Waals surface area contributed by atoms with E-state index in [1.54, 1.807) is 0 Å². The third kappa shape index (κ3) is 4.78. The van der Waals surface area contributed by atoms with Crippen LogP contribution in [0.25, 0.3) is 0 Å². The number of ether oxygens (including phenoxy) is 1. The molecule has 0 aliphatic carbocycles. The van der Waals surface area contributed by atoms with Crippen LogP contribution in [0.15, 0.2) is 24.3 Å². The smallest absolute Gasteiger partial charge is 0.119 e. The van der Waals surface area contributed by atoms with Gasteiger partial charge in [-0.2, -0.15) is 0 Å². The molecule has 17 heavy (non-hydrogen) atoms. The summed E-state index contributed by atoms with van der Waals surface area (Å²) in [6.45, 7) is 7.50. The molecule has 2 nitrogen and oxygen atoms in total. The third-order valence-corrected chi connectivity index (χ3v) is 2.89. The summed E-state index contributed by atoms with van der Waals surface area (Å²) in [4.78, 5) is 0. The number of hydrogen-bond acceptors (Lipinski definition) is 2. The minimum atomic E-state index is 0.273. The fourth-order valence-corrected chi connectivity index (χ4v) is 1.88. The lowest BCUT2D eigenvalue weighted by atomic mass is 10.0. The van der Waals surface area contributed by atoms with E-state index in [0.717, 1.165) is 25.1 Å². The molecule has 0 aromatic heterocycles. The van der Waals surface area contributed by atoms with Gasteiger partial charge in [0.1, 0.15) is 11.9 Å². The molecule has 0 bridgehead atoms. The summed E-state index contributed by atoms with van der Waals surface area (Å²) in [5.41, 5.74) is 1.36. The van der Waals surface area contributed by atoms with Gasteiger partial charge in [0.25, 0.3) is 0 Å². The van der Waals surface area contributed by atoms with Crippen LogP contribution in [-0.4, -0.2) is 19.7 Å². The average Bonchev–Trinajstić information content (AvgIpc) is 2.30. The van der Waals surface area contributed by atoms with Gasteiger partial charge in [-0.25, -0.2) is 0 Å². The van der Waals surface area contributed by atoms with E-state index >= 15 is 0 Å². The van der Waals surface area contributed by atoms with Crippen molar-refractivity contribution >= 4 is 0 Å². The van der Waals surface area contributed by atoms with Crippen LogP contribution in [-0.2, 0) is 0 Å². The number of benzene rings is 1. The van der Waals surface area contributed by atoms with E-state index in [2.05, 4.69) is 50.4 Å². The molecule has 0 fully saturated rings. The second-order valence-electron chi connectivity index (χ2n) is 4.81. The maximum absolute atomic E-state index is 5.97. The molecule has 1 rings (SSSR count). The topological polar surface area (TPSA) is 21.3 Å². The summed E-state index contributed by atoms with van der Waals surface area (Å²) in [5.74, 6) is 1.55. The average molecular weight is 235 g/mol. The second-order valence-corrected chi connectivity index (χ2v) is 4.81. The highest BCUT2D eigenvalue weighted by molar-refractivity contribution is 5.29. The quantitative estimate of drug-likeness (QED) is 0.780. The molecule has 0 saturated heterocycles. The van der Waals surface area contributed by atoms with E-state index in [1.807, 2.05) is 7.05 Å². The van der Waals surface area contributed by atoms with Crippen molar-refractivity contribution in [1.82, 2.24) is 5.32 Å². The van der Waals surface area contributed by atoms with E-state index < -0.39 is 0 Å². The predicted molar refractivity (Wildman–Crippen MR) is 73.8 cm³/mol. The van der Waals surface area contributed by atoms with E-state index in [9.17, 15) is 0 Å². The van der Waals surface area contributed by atoms with Gasteiger partial charge in [0, 0.05) is 6.54 Å². The van der Waals surface area contributed by atoms with Crippen LogP contribution in [0, 0.1) is 0 Å². The van der Waals surface area contributed by atoms with Gasteiger partial charge >= 0.3 is 0 Å². The van der Waals surface area contributed by atoms with E-state index in [0.29, 0.717) is 5.92 Å². The van der Waals surface area contributed by atoms with E-state index in [1.165, 1.54) is 5.56 Å². The number of rotatable bonds is 7. The van der Waals surface area contributed by atoms with Gasteiger partial charge in [0.05, 0.1) is 0 Å². The molecule has 1 N–H and O–H groups in total. The fourth-order valence-electron chi connectivity index (χ4n) is 1.88. The molecule has 0 aliphatic heterocycles.